The fourth-order valence-corrected chi connectivity index (χ4v) is 3.45. The van der Waals surface area contributed by atoms with Crippen LogP contribution in [0, 0.1) is 10.1 Å². The van der Waals surface area contributed by atoms with E-state index in [0.717, 1.165) is 19.3 Å². The van der Waals surface area contributed by atoms with Gasteiger partial charge in [-0.1, -0.05) is 0 Å². The van der Waals surface area contributed by atoms with Crippen molar-refractivity contribution in [1.82, 2.24) is 14.9 Å². The van der Waals surface area contributed by atoms with E-state index in [1.165, 1.54) is 12.1 Å². The van der Waals surface area contributed by atoms with Gasteiger partial charge in [-0.3, -0.25) is 15.1 Å². The molecule has 29 heavy (non-hydrogen) atoms. The van der Waals surface area contributed by atoms with Gasteiger partial charge in [0.05, 0.1) is 28.2 Å². The second-order valence-electron chi connectivity index (χ2n) is 8.36. The number of rotatable bonds is 4. The number of nitro benzene ring substituents is 1. The third-order valence-electron chi connectivity index (χ3n) is 4.85. The average molecular weight is 401 g/mol. The van der Waals surface area contributed by atoms with Crippen molar-refractivity contribution in [2.24, 2.45) is 0 Å². The molecule has 9 heteroatoms. The summed E-state index contributed by atoms with van der Waals surface area (Å²) in [6, 6.07) is 4.47. The average Bonchev–Trinajstić information content (AvgIpc) is 2.66. The van der Waals surface area contributed by atoms with Crippen molar-refractivity contribution in [2.45, 2.75) is 51.7 Å². The lowest BCUT2D eigenvalue weighted by Gasteiger charge is -2.38. The van der Waals surface area contributed by atoms with Gasteiger partial charge in [0, 0.05) is 32.3 Å². The second kappa shape index (κ2) is 8.18. The summed E-state index contributed by atoms with van der Waals surface area (Å²) in [4.78, 5) is 35.7. The number of fused-ring (bicyclic) bond motifs is 1. The van der Waals surface area contributed by atoms with Crippen molar-refractivity contribution in [3.05, 3.63) is 34.5 Å². The highest BCUT2D eigenvalue weighted by Crippen LogP contribution is 2.24. The number of non-ortho nitro benzene ring substituents is 1. The van der Waals surface area contributed by atoms with Crippen molar-refractivity contribution in [3.63, 3.8) is 0 Å². The van der Waals surface area contributed by atoms with Crippen molar-refractivity contribution < 1.29 is 14.5 Å². The minimum absolute atomic E-state index is 0.0110. The van der Waals surface area contributed by atoms with Crippen LogP contribution in [0.1, 0.15) is 40.0 Å². The van der Waals surface area contributed by atoms with E-state index < -0.39 is 10.5 Å². The van der Waals surface area contributed by atoms with Crippen LogP contribution >= 0.6 is 0 Å². The maximum absolute atomic E-state index is 12.6. The normalized spacial score (nSPS) is 17.2. The Hall–Kier alpha value is -2.97. The molecule has 1 saturated heterocycles. The van der Waals surface area contributed by atoms with Crippen molar-refractivity contribution in [1.29, 1.82) is 0 Å². The summed E-state index contributed by atoms with van der Waals surface area (Å²) in [7, 11) is 1.91. The summed E-state index contributed by atoms with van der Waals surface area (Å²) in [5.74, 6) is 0.654. The molecule has 1 aliphatic rings. The van der Waals surface area contributed by atoms with Gasteiger partial charge >= 0.3 is 6.09 Å². The second-order valence-corrected chi connectivity index (χ2v) is 8.36. The Kier molecular flexibility index (Phi) is 5.86. The molecule has 0 bridgehead atoms. The number of carbonyl (C=O) groups is 1. The fraction of sp³-hybridized carbons (Fsp3) is 0.550. The highest BCUT2D eigenvalue weighted by atomic mass is 16.6. The minimum Gasteiger partial charge on any atom is -0.444 e. The highest BCUT2D eigenvalue weighted by molar-refractivity contribution is 5.78. The molecule has 1 atom stereocenters. The van der Waals surface area contributed by atoms with Crippen molar-refractivity contribution in [3.8, 4) is 0 Å². The van der Waals surface area contributed by atoms with Gasteiger partial charge in [-0.05, 0) is 46.1 Å². The summed E-state index contributed by atoms with van der Waals surface area (Å²) in [5, 5.41) is 10.9. The number of nitrogens with zero attached hydrogens (tertiary/aromatic N) is 5. The maximum atomic E-state index is 12.6. The predicted molar refractivity (Wildman–Crippen MR) is 110 cm³/mol. The first-order valence-electron chi connectivity index (χ1n) is 9.76. The van der Waals surface area contributed by atoms with Gasteiger partial charge in [0.1, 0.15) is 11.4 Å². The Labute approximate surface area is 169 Å². The van der Waals surface area contributed by atoms with Crippen LogP contribution in [-0.2, 0) is 4.74 Å². The Morgan fingerprint density at radius 3 is 2.79 bits per heavy atom. The number of piperidine rings is 1. The molecular formula is C20H27N5O4. The first-order valence-corrected chi connectivity index (χ1v) is 9.76. The fourth-order valence-electron chi connectivity index (χ4n) is 3.45. The van der Waals surface area contributed by atoms with E-state index >= 15 is 0 Å². The molecule has 9 nitrogen and oxygen atoms in total. The zero-order valence-electron chi connectivity index (χ0n) is 17.3. The van der Waals surface area contributed by atoms with Crippen molar-refractivity contribution >= 4 is 28.6 Å². The number of amides is 1. The first-order chi connectivity index (χ1) is 13.6. The van der Waals surface area contributed by atoms with Gasteiger partial charge < -0.3 is 14.5 Å². The van der Waals surface area contributed by atoms with Crippen molar-refractivity contribution in [2.75, 3.05) is 25.0 Å². The maximum Gasteiger partial charge on any atom is 0.410 e. The highest BCUT2D eigenvalue weighted by Gasteiger charge is 2.31. The Balaban J connectivity index is 1.75. The third-order valence-corrected chi connectivity index (χ3v) is 4.85. The van der Waals surface area contributed by atoms with E-state index in [1.807, 2.05) is 37.6 Å². The number of benzene rings is 1. The molecule has 1 amide bonds. The Bertz CT molecular complexity index is 911. The number of aromatic nitrogens is 2. The molecule has 0 radical (unpaired) electrons. The lowest BCUT2D eigenvalue weighted by Crippen LogP contribution is -2.50. The lowest BCUT2D eigenvalue weighted by atomic mass is 10.0. The molecule has 0 spiro atoms. The van der Waals surface area contributed by atoms with Gasteiger partial charge in [-0.15, -0.1) is 0 Å². The quantitative estimate of drug-likeness (QED) is 0.568. The van der Waals surface area contributed by atoms with Crippen LogP contribution < -0.4 is 4.90 Å². The van der Waals surface area contributed by atoms with Gasteiger partial charge in [0.2, 0.25) is 0 Å². The molecule has 0 unspecified atom stereocenters. The van der Waals surface area contributed by atoms with E-state index in [4.69, 9.17) is 4.74 Å². The van der Waals surface area contributed by atoms with E-state index in [-0.39, 0.29) is 17.8 Å². The molecule has 0 N–H and O–H groups in total. The van der Waals surface area contributed by atoms with Gasteiger partial charge in [-0.2, -0.15) is 0 Å². The number of anilines is 1. The van der Waals surface area contributed by atoms with Crippen LogP contribution in [0.25, 0.3) is 11.0 Å². The topological polar surface area (TPSA) is 102 Å². The predicted octanol–water partition coefficient (Wildman–Crippen LogP) is 3.76. The van der Waals surface area contributed by atoms with Crippen LogP contribution in [0.2, 0.25) is 0 Å². The Morgan fingerprint density at radius 1 is 1.34 bits per heavy atom. The van der Waals surface area contributed by atoms with Crippen LogP contribution in [0.15, 0.2) is 24.4 Å². The van der Waals surface area contributed by atoms with Gasteiger partial charge in [0.15, 0.2) is 0 Å². The van der Waals surface area contributed by atoms with Crippen LogP contribution in [0.4, 0.5) is 16.3 Å². The van der Waals surface area contributed by atoms with Crippen LogP contribution in [0.3, 0.4) is 0 Å². The third kappa shape index (κ3) is 5.10. The van der Waals surface area contributed by atoms with E-state index in [9.17, 15) is 14.9 Å². The largest absolute Gasteiger partial charge is 0.444 e. The minimum atomic E-state index is -0.530. The number of likely N-dealkylation sites (tertiary alicyclic amines) is 1. The molecule has 156 valence electrons. The number of carbonyl (C=O) groups excluding carboxylic acids is 1. The summed E-state index contributed by atoms with van der Waals surface area (Å²) in [6.45, 7) is 6.88. The monoisotopic (exact) mass is 401 g/mol. The van der Waals surface area contributed by atoms with Gasteiger partial charge in [-0.25, -0.2) is 9.78 Å². The smallest absolute Gasteiger partial charge is 0.410 e. The van der Waals surface area contributed by atoms with E-state index in [1.54, 1.807) is 12.3 Å². The molecule has 2 heterocycles. The number of hydrogen-bond acceptors (Lipinski definition) is 7. The molecule has 0 saturated carbocycles. The van der Waals surface area contributed by atoms with Gasteiger partial charge in [0.25, 0.3) is 5.69 Å². The molecular weight excluding hydrogens is 374 g/mol. The molecule has 1 aromatic carbocycles. The molecule has 2 aromatic rings. The summed E-state index contributed by atoms with van der Waals surface area (Å²) in [6.07, 6.45) is 4.25. The molecule has 1 fully saturated rings. The van der Waals surface area contributed by atoms with E-state index in [2.05, 4.69) is 9.97 Å². The first kappa shape index (κ1) is 20.8. The van der Waals surface area contributed by atoms with Crippen LogP contribution in [0.5, 0.6) is 0 Å². The lowest BCUT2D eigenvalue weighted by molar-refractivity contribution is -0.384. The number of ether oxygens (including phenoxy) is 1. The van der Waals surface area contributed by atoms with Crippen LogP contribution in [-0.4, -0.2) is 57.7 Å². The number of likely N-dealkylation sites (N-methyl/N-ethyl adjacent to an activating group) is 1. The number of hydrogen-bond donors (Lipinski definition) is 0. The zero-order chi connectivity index (χ0) is 21.2. The molecule has 1 aromatic heterocycles. The summed E-state index contributed by atoms with van der Waals surface area (Å²) in [5.41, 5.74) is 0.525. The molecule has 3 rings (SSSR count). The Morgan fingerprint density at radius 2 is 2.10 bits per heavy atom. The standard InChI is InChI=1S/C20H27N5O4/c1-20(2,3)29-19(26)24-10-6-5-7-15(24)13-23(4)18-12-21-17-11-14(25(27)28)8-9-16(17)22-18/h8-9,11-12,15H,5-7,10,13H2,1-4H3/t15-/m0/s1. The summed E-state index contributed by atoms with van der Waals surface area (Å²) >= 11 is 0. The summed E-state index contributed by atoms with van der Waals surface area (Å²) < 4.78 is 5.57. The molecule has 0 aliphatic carbocycles. The zero-order valence-corrected chi connectivity index (χ0v) is 17.3. The van der Waals surface area contributed by atoms with E-state index in [0.29, 0.717) is 29.9 Å². The SMILES string of the molecule is CN(C[C@@H]1CCCCN1C(=O)OC(C)(C)C)c1cnc2cc([N+](=O)[O-])ccc2n1. The molecule has 1 aliphatic heterocycles. The number of nitro groups is 1.